The summed E-state index contributed by atoms with van der Waals surface area (Å²) in [6.45, 7) is 3.62. The summed E-state index contributed by atoms with van der Waals surface area (Å²) in [4.78, 5) is 18.4. The number of nitrogens with one attached hydrogen (secondary N) is 2. The van der Waals surface area contributed by atoms with E-state index in [-0.39, 0.29) is 0 Å². The third-order valence-electron chi connectivity index (χ3n) is 1.83. The van der Waals surface area contributed by atoms with Crippen LogP contribution >= 0.6 is 0 Å². The normalized spacial score (nSPS) is 9.71. The molecule has 0 saturated carbocycles. The number of carbonyl (C=O) groups is 1. The van der Waals surface area contributed by atoms with Crippen LogP contribution in [0.25, 0.3) is 0 Å². The Bertz CT molecular complexity index is 358. The van der Waals surface area contributed by atoms with E-state index in [9.17, 15) is 4.79 Å². The average Bonchev–Trinajstić information content (AvgIpc) is 2.32. The van der Waals surface area contributed by atoms with Crippen molar-refractivity contribution in [3.05, 3.63) is 12.4 Å². The minimum absolute atomic E-state index is 0.435. The van der Waals surface area contributed by atoms with Crippen LogP contribution in [-0.4, -0.2) is 35.7 Å². The van der Waals surface area contributed by atoms with Gasteiger partial charge >= 0.3 is 6.03 Å². The minimum atomic E-state index is -0.540. The first-order valence-electron chi connectivity index (χ1n) is 5.44. The highest BCUT2D eigenvalue weighted by molar-refractivity contribution is 5.71. The number of nitrogens with two attached hydrogens (primary N) is 1. The van der Waals surface area contributed by atoms with Crippen LogP contribution in [0.1, 0.15) is 13.3 Å². The van der Waals surface area contributed by atoms with Gasteiger partial charge in [0.2, 0.25) is 5.88 Å². The molecule has 4 N–H and O–H groups in total. The van der Waals surface area contributed by atoms with Gasteiger partial charge in [-0.3, -0.25) is 0 Å². The molecule has 7 heteroatoms. The van der Waals surface area contributed by atoms with Gasteiger partial charge in [0.15, 0.2) is 0 Å². The van der Waals surface area contributed by atoms with Crippen LogP contribution in [0, 0.1) is 0 Å². The van der Waals surface area contributed by atoms with E-state index in [1.807, 2.05) is 6.92 Å². The number of rotatable bonds is 7. The monoisotopic (exact) mass is 239 g/mol. The predicted octanol–water partition coefficient (Wildman–Crippen LogP) is 0.346. The molecule has 1 aromatic heterocycles. The number of carbonyl (C=O) groups excluding carboxylic acids is 1. The number of hydrogen-bond acceptors (Lipinski definition) is 5. The molecule has 0 radical (unpaired) electrons. The van der Waals surface area contributed by atoms with E-state index in [1.54, 1.807) is 6.07 Å². The molecule has 17 heavy (non-hydrogen) atoms. The molecule has 94 valence electrons. The first-order valence-corrected chi connectivity index (χ1v) is 5.44. The number of nitrogens with zero attached hydrogens (tertiary/aromatic N) is 2. The van der Waals surface area contributed by atoms with Crippen molar-refractivity contribution >= 4 is 11.8 Å². The highest BCUT2D eigenvalue weighted by Crippen LogP contribution is 2.10. The highest BCUT2D eigenvalue weighted by atomic mass is 16.5. The molecular weight excluding hydrogens is 222 g/mol. The third kappa shape index (κ3) is 5.55. The number of urea groups is 1. The van der Waals surface area contributed by atoms with Crippen LogP contribution in [0.5, 0.6) is 5.88 Å². The lowest BCUT2D eigenvalue weighted by atomic mass is 10.5. The number of hydrogen-bond donors (Lipinski definition) is 3. The summed E-state index contributed by atoms with van der Waals surface area (Å²) in [6, 6.07) is 1.17. The van der Waals surface area contributed by atoms with Crippen LogP contribution in [0.2, 0.25) is 0 Å². The smallest absolute Gasteiger partial charge is 0.312 e. The molecule has 0 aliphatic heterocycles. The molecule has 1 aromatic rings. The van der Waals surface area contributed by atoms with E-state index in [0.717, 1.165) is 6.42 Å². The minimum Gasteiger partial charge on any atom is -0.478 e. The van der Waals surface area contributed by atoms with Crippen molar-refractivity contribution in [1.29, 1.82) is 0 Å². The number of ether oxygens (including phenoxy) is 1. The Morgan fingerprint density at radius 1 is 1.47 bits per heavy atom. The van der Waals surface area contributed by atoms with E-state index >= 15 is 0 Å². The maximum atomic E-state index is 10.4. The van der Waals surface area contributed by atoms with E-state index in [1.165, 1.54) is 6.33 Å². The summed E-state index contributed by atoms with van der Waals surface area (Å²) in [5.74, 6) is 1.18. The molecule has 0 saturated heterocycles. The zero-order valence-electron chi connectivity index (χ0n) is 9.77. The van der Waals surface area contributed by atoms with Crippen molar-refractivity contribution in [1.82, 2.24) is 15.3 Å². The van der Waals surface area contributed by atoms with E-state index in [4.69, 9.17) is 10.5 Å². The summed E-state index contributed by atoms with van der Waals surface area (Å²) in [7, 11) is 0. The lowest BCUT2D eigenvalue weighted by molar-refractivity contribution is 0.249. The predicted molar refractivity (Wildman–Crippen MR) is 63.9 cm³/mol. The van der Waals surface area contributed by atoms with Crippen LogP contribution in [0.4, 0.5) is 10.6 Å². The lowest BCUT2D eigenvalue weighted by Gasteiger charge is -2.07. The number of anilines is 1. The van der Waals surface area contributed by atoms with Crippen LogP contribution in [0.15, 0.2) is 12.4 Å². The number of amides is 2. The average molecular weight is 239 g/mol. The molecule has 0 aliphatic carbocycles. The van der Waals surface area contributed by atoms with Crippen molar-refractivity contribution < 1.29 is 9.53 Å². The van der Waals surface area contributed by atoms with Crippen LogP contribution in [0.3, 0.4) is 0 Å². The van der Waals surface area contributed by atoms with Gasteiger partial charge in [-0.1, -0.05) is 6.92 Å². The lowest BCUT2D eigenvalue weighted by Crippen LogP contribution is -2.33. The topological polar surface area (TPSA) is 102 Å². The molecular formula is C10H17N5O2. The van der Waals surface area contributed by atoms with E-state index in [2.05, 4.69) is 20.6 Å². The highest BCUT2D eigenvalue weighted by Gasteiger charge is 1.99. The number of aromatic nitrogens is 2. The van der Waals surface area contributed by atoms with Gasteiger partial charge in [0.05, 0.1) is 6.61 Å². The Morgan fingerprint density at radius 3 is 3.00 bits per heavy atom. The largest absolute Gasteiger partial charge is 0.478 e. The summed E-state index contributed by atoms with van der Waals surface area (Å²) < 4.78 is 5.36. The first-order chi connectivity index (χ1) is 8.22. The quantitative estimate of drug-likeness (QED) is 0.596. The fourth-order valence-electron chi connectivity index (χ4n) is 1.10. The fraction of sp³-hybridized carbons (Fsp3) is 0.500. The van der Waals surface area contributed by atoms with Crippen molar-refractivity contribution in [2.75, 3.05) is 25.0 Å². The molecule has 0 unspecified atom stereocenters. The summed E-state index contributed by atoms with van der Waals surface area (Å²) in [6.07, 6.45) is 2.35. The van der Waals surface area contributed by atoms with E-state index < -0.39 is 6.03 Å². The summed E-state index contributed by atoms with van der Waals surface area (Å²) in [5.41, 5.74) is 4.93. The molecule has 0 atom stereocenters. The van der Waals surface area contributed by atoms with Crippen LogP contribution in [-0.2, 0) is 0 Å². The Kier molecular flexibility index (Phi) is 5.56. The molecule has 0 spiro atoms. The van der Waals surface area contributed by atoms with Gasteiger partial charge in [-0.25, -0.2) is 14.8 Å². The van der Waals surface area contributed by atoms with E-state index in [0.29, 0.717) is 31.4 Å². The molecule has 7 nitrogen and oxygen atoms in total. The Balaban J connectivity index is 2.34. The molecule has 0 aromatic carbocycles. The summed E-state index contributed by atoms with van der Waals surface area (Å²) >= 11 is 0. The number of primary amides is 1. The zero-order chi connectivity index (χ0) is 12.5. The molecule has 0 fully saturated rings. The zero-order valence-corrected chi connectivity index (χ0v) is 9.77. The van der Waals surface area contributed by atoms with Gasteiger partial charge < -0.3 is 21.1 Å². The van der Waals surface area contributed by atoms with Crippen molar-refractivity contribution in [2.24, 2.45) is 5.73 Å². The Labute approximate surface area is 99.8 Å². The Morgan fingerprint density at radius 2 is 2.29 bits per heavy atom. The Hall–Kier alpha value is -2.05. The van der Waals surface area contributed by atoms with Crippen molar-refractivity contribution in [3.8, 4) is 5.88 Å². The fourth-order valence-corrected chi connectivity index (χ4v) is 1.10. The van der Waals surface area contributed by atoms with Crippen molar-refractivity contribution in [2.45, 2.75) is 13.3 Å². The molecule has 0 aliphatic rings. The third-order valence-corrected chi connectivity index (χ3v) is 1.83. The van der Waals surface area contributed by atoms with Gasteiger partial charge in [0, 0.05) is 19.2 Å². The van der Waals surface area contributed by atoms with Crippen LogP contribution < -0.4 is 21.1 Å². The first kappa shape index (κ1) is 13.0. The second-order valence-corrected chi connectivity index (χ2v) is 3.31. The van der Waals surface area contributed by atoms with Gasteiger partial charge in [0.25, 0.3) is 0 Å². The maximum Gasteiger partial charge on any atom is 0.312 e. The molecule has 2 amide bonds. The SMILES string of the molecule is CCCOc1cc(NCCNC(N)=O)ncn1. The molecule has 1 rings (SSSR count). The maximum absolute atomic E-state index is 10.4. The summed E-state index contributed by atoms with van der Waals surface area (Å²) in [5, 5.41) is 5.48. The second kappa shape index (κ2) is 7.26. The van der Waals surface area contributed by atoms with Gasteiger partial charge in [0.1, 0.15) is 12.1 Å². The van der Waals surface area contributed by atoms with Gasteiger partial charge in [-0.05, 0) is 6.42 Å². The second-order valence-electron chi connectivity index (χ2n) is 3.31. The molecule has 0 bridgehead atoms. The molecule has 1 heterocycles. The van der Waals surface area contributed by atoms with Gasteiger partial charge in [-0.2, -0.15) is 0 Å². The van der Waals surface area contributed by atoms with Gasteiger partial charge in [-0.15, -0.1) is 0 Å². The van der Waals surface area contributed by atoms with Crippen molar-refractivity contribution in [3.63, 3.8) is 0 Å². The standard InChI is InChI=1S/C10H17N5O2/c1-2-5-17-9-6-8(14-7-15-9)12-3-4-13-10(11)16/h6-7H,2-5H2,1H3,(H3,11,13,16)(H,12,14,15).